The number of para-hydroxylation sites is 1. The van der Waals surface area contributed by atoms with Crippen molar-refractivity contribution < 1.29 is 5.11 Å². The Bertz CT molecular complexity index is 610. The van der Waals surface area contributed by atoms with E-state index < -0.39 is 5.60 Å². The third kappa shape index (κ3) is 2.52. The van der Waals surface area contributed by atoms with Gasteiger partial charge in [0.25, 0.3) is 0 Å². The molecule has 6 heteroatoms. The van der Waals surface area contributed by atoms with E-state index in [9.17, 15) is 5.11 Å². The minimum absolute atomic E-state index is 0.365. The summed E-state index contributed by atoms with van der Waals surface area (Å²) in [4.78, 5) is 8.64. The summed E-state index contributed by atoms with van der Waals surface area (Å²) >= 11 is 0. The largest absolute Gasteiger partial charge is 0.388 e. The molecule has 1 aliphatic rings. The molecule has 106 valence electrons. The Labute approximate surface area is 117 Å². The molecular formula is C14H19N5O. The first-order valence-electron chi connectivity index (χ1n) is 6.90. The standard InChI is InChI=1S/C14H19N5O/c15-19-13-17-11-6-2-1-5-10(11)12(18-13)16-9-14(20)7-3-4-8-14/h1-2,5-6,20H,3-4,7-9,15H2,(H2,16,17,18,19). The summed E-state index contributed by atoms with van der Waals surface area (Å²) in [6, 6.07) is 7.73. The first-order valence-corrected chi connectivity index (χ1v) is 6.90. The van der Waals surface area contributed by atoms with Crippen molar-refractivity contribution in [3.05, 3.63) is 24.3 Å². The van der Waals surface area contributed by atoms with Gasteiger partial charge < -0.3 is 10.4 Å². The van der Waals surface area contributed by atoms with Crippen molar-refractivity contribution in [2.45, 2.75) is 31.3 Å². The van der Waals surface area contributed by atoms with Gasteiger partial charge >= 0.3 is 0 Å². The molecule has 0 spiro atoms. The highest BCUT2D eigenvalue weighted by Crippen LogP contribution is 2.30. The summed E-state index contributed by atoms with van der Waals surface area (Å²) in [5, 5.41) is 14.6. The van der Waals surface area contributed by atoms with E-state index >= 15 is 0 Å². The lowest BCUT2D eigenvalue weighted by molar-refractivity contribution is 0.0614. The molecule has 1 aromatic heterocycles. The number of benzene rings is 1. The molecule has 20 heavy (non-hydrogen) atoms. The van der Waals surface area contributed by atoms with E-state index in [2.05, 4.69) is 20.7 Å². The average Bonchev–Trinajstić information content (AvgIpc) is 2.91. The fraction of sp³-hybridized carbons (Fsp3) is 0.429. The van der Waals surface area contributed by atoms with E-state index in [1.807, 2.05) is 24.3 Å². The Kier molecular flexibility index (Phi) is 3.42. The number of nitrogens with zero attached hydrogens (tertiary/aromatic N) is 2. The van der Waals surface area contributed by atoms with Crippen LogP contribution >= 0.6 is 0 Å². The molecule has 0 bridgehead atoms. The Hall–Kier alpha value is -1.92. The second-order valence-corrected chi connectivity index (χ2v) is 5.34. The number of hydrazine groups is 1. The van der Waals surface area contributed by atoms with Crippen LogP contribution in [0.4, 0.5) is 11.8 Å². The molecule has 0 unspecified atom stereocenters. The van der Waals surface area contributed by atoms with Gasteiger partial charge in [-0.25, -0.2) is 10.8 Å². The number of rotatable bonds is 4. The highest BCUT2D eigenvalue weighted by Gasteiger charge is 2.30. The van der Waals surface area contributed by atoms with E-state index in [0.717, 1.165) is 36.6 Å². The van der Waals surface area contributed by atoms with Gasteiger partial charge in [0, 0.05) is 11.9 Å². The van der Waals surface area contributed by atoms with Crippen LogP contribution in [0.3, 0.4) is 0 Å². The van der Waals surface area contributed by atoms with Crippen LogP contribution in [0.5, 0.6) is 0 Å². The van der Waals surface area contributed by atoms with Crippen LogP contribution in [-0.4, -0.2) is 27.2 Å². The zero-order valence-electron chi connectivity index (χ0n) is 11.3. The third-order valence-corrected chi connectivity index (χ3v) is 3.85. The summed E-state index contributed by atoms with van der Waals surface area (Å²) in [5.41, 5.74) is 2.67. The molecule has 5 N–H and O–H groups in total. The Morgan fingerprint density at radius 1 is 1.20 bits per heavy atom. The van der Waals surface area contributed by atoms with Gasteiger partial charge in [-0.15, -0.1) is 0 Å². The van der Waals surface area contributed by atoms with Crippen LogP contribution in [0.2, 0.25) is 0 Å². The van der Waals surface area contributed by atoms with Crippen LogP contribution in [0, 0.1) is 0 Å². The summed E-state index contributed by atoms with van der Waals surface area (Å²) in [6.07, 6.45) is 3.84. The predicted octanol–water partition coefficient (Wildman–Crippen LogP) is 1.63. The molecule has 1 aliphatic carbocycles. The maximum absolute atomic E-state index is 10.4. The van der Waals surface area contributed by atoms with Gasteiger partial charge in [-0.1, -0.05) is 25.0 Å². The summed E-state index contributed by atoms with van der Waals surface area (Å²) < 4.78 is 0. The van der Waals surface area contributed by atoms with Gasteiger partial charge in [-0.3, -0.25) is 5.43 Å². The van der Waals surface area contributed by atoms with Crippen LogP contribution in [0.15, 0.2) is 24.3 Å². The second kappa shape index (κ2) is 5.22. The van der Waals surface area contributed by atoms with E-state index in [1.165, 1.54) is 0 Å². The minimum Gasteiger partial charge on any atom is -0.388 e. The lowest BCUT2D eigenvalue weighted by Crippen LogP contribution is -2.33. The van der Waals surface area contributed by atoms with E-state index in [0.29, 0.717) is 18.3 Å². The SMILES string of the molecule is NNc1nc(NCC2(O)CCCC2)c2ccccc2n1. The maximum Gasteiger partial charge on any atom is 0.239 e. The molecule has 1 heterocycles. The van der Waals surface area contributed by atoms with Crippen LogP contribution in [0.25, 0.3) is 10.9 Å². The average molecular weight is 273 g/mol. The number of nitrogens with one attached hydrogen (secondary N) is 2. The second-order valence-electron chi connectivity index (χ2n) is 5.34. The molecule has 0 amide bonds. The van der Waals surface area contributed by atoms with Gasteiger partial charge in [0.05, 0.1) is 11.1 Å². The maximum atomic E-state index is 10.4. The summed E-state index contributed by atoms with van der Waals surface area (Å²) in [6.45, 7) is 0.498. The molecule has 0 radical (unpaired) electrons. The number of fused-ring (bicyclic) bond motifs is 1. The topological polar surface area (TPSA) is 96.1 Å². The normalized spacial score (nSPS) is 17.3. The summed E-state index contributed by atoms with van der Waals surface area (Å²) in [7, 11) is 0. The van der Waals surface area contributed by atoms with Crippen molar-refractivity contribution >= 4 is 22.7 Å². The van der Waals surface area contributed by atoms with E-state index in [1.54, 1.807) is 0 Å². The van der Waals surface area contributed by atoms with Crippen molar-refractivity contribution in [3.63, 3.8) is 0 Å². The van der Waals surface area contributed by atoms with Gasteiger partial charge in [0.2, 0.25) is 5.95 Å². The Morgan fingerprint density at radius 2 is 1.95 bits per heavy atom. The highest BCUT2D eigenvalue weighted by atomic mass is 16.3. The van der Waals surface area contributed by atoms with Crippen LogP contribution in [0.1, 0.15) is 25.7 Å². The van der Waals surface area contributed by atoms with Crippen molar-refractivity contribution in [1.82, 2.24) is 9.97 Å². The van der Waals surface area contributed by atoms with Gasteiger partial charge in [-0.05, 0) is 25.0 Å². The molecule has 0 aliphatic heterocycles. The molecule has 0 saturated heterocycles. The zero-order valence-corrected chi connectivity index (χ0v) is 11.3. The van der Waals surface area contributed by atoms with Crippen molar-refractivity contribution in [2.24, 2.45) is 5.84 Å². The molecule has 2 aromatic rings. The van der Waals surface area contributed by atoms with Crippen LogP contribution < -0.4 is 16.6 Å². The molecule has 0 atom stereocenters. The first kappa shape index (κ1) is 13.1. The number of hydrogen-bond acceptors (Lipinski definition) is 6. The number of anilines is 2. The fourth-order valence-electron chi connectivity index (χ4n) is 2.73. The third-order valence-electron chi connectivity index (χ3n) is 3.85. The number of aromatic nitrogens is 2. The highest BCUT2D eigenvalue weighted by molar-refractivity contribution is 5.90. The predicted molar refractivity (Wildman–Crippen MR) is 79.3 cm³/mol. The smallest absolute Gasteiger partial charge is 0.239 e. The number of hydrogen-bond donors (Lipinski definition) is 4. The lowest BCUT2D eigenvalue weighted by atomic mass is 10.0. The summed E-state index contributed by atoms with van der Waals surface area (Å²) in [5.74, 6) is 6.47. The molecule has 1 aromatic carbocycles. The van der Waals surface area contributed by atoms with Crippen LogP contribution in [-0.2, 0) is 0 Å². The molecule has 1 saturated carbocycles. The molecule has 1 fully saturated rings. The Morgan fingerprint density at radius 3 is 2.70 bits per heavy atom. The quantitative estimate of drug-likeness (QED) is 0.499. The first-order chi connectivity index (χ1) is 9.70. The molecular weight excluding hydrogens is 254 g/mol. The van der Waals surface area contributed by atoms with Gasteiger partial charge in [0.15, 0.2) is 0 Å². The van der Waals surface area contributed by atoms with E-state index in [-0.39, 0.29) is 0 Å². The van der Waals surface area contributed by atoms with E-state index in [4.69, 9.17) is 5.84 Å². The zero-order chi connectivity index (χ0) is 14.0. The minimum atomic E-state index is -0.623. The number of nitrogen functional groups attached to an aromatic ring is 1. The van der Waals surface area contributed by atoms with Crippen molar-refractivity contribution in [1.29, 1.82) is 0 Å². The lowest BCUT2D eigenvalue weighted by Gasteiger charge is -2.23. The molecule has 6 nitrogen and oxygen atoms in total. The fourth-order valence-corrected chi connectivity index (χ4v) is 2.73. The molecule has 3 rings (SSSR count). The number of aliphatic hydroxyl groups is 1. The van der Waals surface area contributed by atoms with Crippen molar-refractivity contribution in [3.8, 4) is 0 Å². The van der Waals surface area contributed by atoms with Crippen molar-refractivity contribution in [2.75, 3.05) is 17.3 Å². The van der Waals surface area contributed by atoms with Gasteiger partial charge in [0.1, 0.15) is 5.82 Å². The van der Waals surface area contributed by atoms with Gasteiger partial charge in [-0.2, -0.15) is 4.98 Å². The monoisotopic (exact) mass is 273 g/mol. The Balaban J connectivity index is 1.89. The number of nitrogens with two attached hydrogens (primary N) is 1.